The van der Waals surface area contributed by atoms with Crippen LogP contribution in [-0.4, -0.2) is 22.4 Å². The Morgan fingerprint density at radius 1 is 1.53 bits per heavy atom. The molecule has 2 fully saturated rings. The Morgan fingerprint density at radius 3 is 3.00 bits per heavy atom. The van der Waals surface area contributed by atoms with Gasteiger partial charge in [0, 0.05) is 12.7 Å². The number of carbonyl (C=O) groups excluding carboxylic acids is 1. The zero-order chi connectivity index (χ0) is 13.4. The molecule has 2 aliphatic carbocycles. The summed E-state index contributed by atoms with van der Waals surface area (Å²) in [6.07, 6.45) is 7.21. The van der Waals surface area contributed by atoms with Crippen LogP contribution in [0.15, 0.2) is 6.20 Å². The average molecular weight is 263 g/mol. The minimum atomic E-state index is -0.424. The van der Waals surface area contributed by atoms with Crippen molar-refractivity contribution in [2.75, 3.05) is 12.3 Å². The fraction of sp³-hybridized carbons (Fsp3) is 0.714. The van der Waals surface area contributed by atoms with Gasteiger partial charge in [-0.25, -0.2) is 4.79 Å². The molecule has 0 saturated heterocycles. The van der Waals surface area contributed by atoms with Crippen LogP contribution in [-0.2, 0) is 11.3 Å². The van der Waals surface area contributed by atoms with Crippen LogP contribution >= 0.6 is 0 Å². The Labute approximate surface area is 113 Å². The summed E-state index contributed by atoms with van der Waals surface area (Å²) >= 11 is 0. The summed E-state index contributed by atoms with van der Waals surface area (Å²) in [6.45, 7) is 3.00. The van der Waals surface area contributed by atoms with Gasteiger partial charge in [-0.05, 0) is 43.9 Å². The minimum absolute atomic E-state index is 0.255. The molecule has 19 heavy (non-hydrogen) atoms. The highest BCUT2D eigenvalue weighted by Gasteiger charge is 2.39. The third kappa shape index (κ3) is 2.33. The molecular weight excluding hydrogens is 242 g/mol. The first-order chi connectivity index (χ1) is 9.17. The Hall–Kier alpha value is -1.52. The predicted octanol–water partition coefficient (Wildman–Crippen LogP) is 2.08. The quantitative estimate of drug-likeness (QED) is 0.844. The summed E-state index contributed by atoms with van der Waals surface area (Å²) in [4.78, 5) is 11.7. The zero-order valence-electron chi connectivity index (χ0n) is 11.3. The van der Waals surface area contributed by atoms with Gasteiger partial charge in [-0.2, -0.15) is 5.10 Å². The Balaban J connectivity index is 1.69. The van der Waals surface area contributed by atoms with E-state index >= 15 is 0 Å². The molecule has 0 aromatic carbocycles. The smallest absolute Gasteiger partial charge is 0.361 e. The third-order valence-electron chi connectivity index (χ3n) is 4.56. The van der Waals surface area contributed by atoms with Gasteiger partial charge in [0.25, 0.3) is 0 Å². The van der Waals surface area contributed by atoms with Gasteiger partial charge < -0.3 is 10.5 Å². The number of hydrogen-bond donors (Lipinski definition) is 1. The van der Waals surface area contributed by atoms with Gasteiger partial charge in [-0.15, -0.1) is 0 Å². The Morgan fingerprint density at radius 2 is 2.37 bits per heavy atom. The van der Waals surface area contributed by atoms with E-state index in [1.54, 1.807) is 13.1 Å². The number of rotatable bonds is 4. The lowest BCUT2D eigenvalue weighted by molar-refractivity contribution is 0.0519. The summed E-state index contributed by atoms with van der Waals surface area (Å²) in [7, 11) is 0. The molecule has 5 heteroatoms. The zero-order valence-corrected chi connectivity index (χ0v) is 11.3. The van der Waals surface area contributed by atoms with Gasteiger partial charge in [-0.3, -0.25) is 4.68 Å². The predicted molar refractivity (Wildman–Crippen MR) is 71.5 cm³/mol. The van der Waals surface area contributed by atoms with Crippen LogP contribution in [0.5, 0.6) is 0 Å². The number of aromatic nitrogens is 2. The van der Waals surface area contributed by atoms with E-state index in [0.717, 1.165) is 18.4 Å². The molecular formula is C14H21N3O2. The fourth-order valence-electron chi connectivity index (χ4n) is 3.73. The summed E-state index contributed by atoms with van der Waals surface area (Å²) in [5.74, 6) is 2.05. The van der Waals surface area contributed by atoms with E-state index < -0.39 is 5.97 Å². The lowest BCUT2D eigenvalue weighted by Gasteiger charge is -2.21. The molecule has 3 rings (SSSR count). The minimum Gasteiger partial charge on any atom is -0.461 e. The molecule has 0 radical (unpaired) electrons. The van der Waals surface area contributed by atoms with Crippen molar-refractivity contribution in [3.63, 3.8) is 0 Å². The number of ether oxygens (including phenoxy) is 1. The van der Waals surface area contributed by atoms with Crippen molar-refractivity contribution in [3.05, 3.63) is 11.9 Å². The van der Waals surface area contributed by atoms with E-state index in [1.165, 1.54) is 25.7 Å². The second-order valence-corrected chi connectivity index (χ2v) is 5.81. The number of esters is 1. The van der Waals surface area contributed by atoms with Gasteiger partial charge >= 0.3 is 5.97 Å². The first-order valence-electron chi connectivity index (χ1n) is 7.17. The molecule has 104 valence electrons. The van der Waals surface area contributed by atoms with Crippen LogP contribution in [0.1, 0.15) is 43.1 Å². The van der Waals surface area contributed by atoms with Crippen LogP contribution in [0, 0.1) is 17.8 Å². The average Bonchev–Trinajstić information content (AvgIpc) is 3.05. The highest BCUT2D eigenvalue weighted by molar-refractivity contribution is 5.92. The fourth-order valence-corrected chi connectivity index (χ4v) is 3.73. The standard InChI is InChI=1S/C14H21N3O2/c1-2-19-14(18)13-12(15)8-17(16-13)7-11-6-9-3-4-10(11)5-9/h8-11H,2-7,15H2,1H3. The van der Waals surface area contributed by atoms with Crippen molar-refractivity contribution in [2.24, 2.45) is 17.8 Å². The van der Waals surface area contributed by atoms with Crippen LogP contribution in [0.2, 0.25) is 0 Å². The third-order valence-corrected chi connectivity index (χ3v) is 4.56. The molecule has 1 aromatic rings. The molecule has 5 nitrogen and oxygen atoms in total. The van der Waals surface area contributed by atoms with Crippen LogP contribution in [0.25, 0.3) is 0 Å². The lowest BCUT2D eigenvalue weighted by atomic mass is 9.89. The number of nitrogens with two attached hydrogens (primary N) is 1. The van der Waals surface area contributed by atoms with Crippen molar-refractivity contribution >= 4 is 11.7 Å². The van der Waals surface area contributed by atoms with Gasteiger partial charge in [0.15, 0.2) is 5.69 Å². The van der Waals surface area contributed by atoms with Crippen molar-refractivity contribution in [1.82, 2.24) is 9.78 Å². The van der Waals surface area contributed by atoms with Crippen molar-refractivity contribution in [2.45, 2.75) is 39.2 Å². The first kappa shape index (κ1) is 12.5. The van der Waals surface area contributed by atoms with Crippen molar-refractivity contribution < 1.29 is 9.53 Å². The number of carbonyl (C=O) groups is 1. The summed E-state index contributed by atoms with van der Waals surface area (Å²) < 4.78 is 6.77. The van der Waals surface area contributed by atoms with Crippen LogP contribution in [0.3, 0.4) is 0 Å². The van der Waals surface area contributed by atoms with E-state index in [4.69, 9.17) is 10.5 Å². The molecule has 0 aliphatic heterocycles. The number of nitrogens with zero attached hydrogens (tertiary/aromatic N) is 2. The maximum atomic E-state index is 11.7. The normalized spacial score (nSPS) is 28.8. The maximum Gasteiger partial charge on any atom is 0.361 e. The molecule has 0 amide bonds. The maximum absolute atomic E-state index is 11.7. The molecule has 3 unspecified atom stereocenters. The second-order valence-electron chi connectivity index (χ2n) is 5.81. The number of fused-ring (bicyclic) bond motifs is 2. The Bertz CT molecular complexity index is 483. The highest BCUT2D eigenvalue weighted by Crippen LogP contribution is 2.48. The van der Waals surface area contributed by atoms with Crippen molar-refractivity contribution in [1.29, 1.82) is 0 Å². The summed E-state index contributed by atoms with van der Waals surface area (Å²) in [5.41, 5.74) is 6.51. The summed E-state index contributed by atoms with van der Waals surface area (Å²) in [5, 5.41) is 4.29. The topological polar surface area (TPSA) is 70.1 Å². The first-order valence-corrected chi connectivity index (χ1v) is 7.17. The molecule has 2 N–H and O–H groups in total. The monoisotopic (exact) mass is 263 g/mol. The molecule has 1 heterocycles. The molecule has 3 atom stereocenters. The van der Waals surface area contributed by atoms with Gasteiger partial charge in [-0.1, -0.05) is 6.42 Å². The van der Waals surface area contributed by atoms with Gasteiger partial charge in [0.1, 0.15) is 0 Å². The Kier molecular flexibility index (Phi) is 3.21. The molecule has 2 saturated carbocycles. The number of anilines is 1. The van der Waals surface area contributed by atoms with E-state index in [2.05, 4.69) is 5.10 Å². The lowest BCUT2D eigenvalue weighted by Crippen LogP contribution is -2.18. The van der Waals surface area contributed by atoms with E-state index in [1.807, 2.05) is 4.68 Å². The molecule has 1 aromatic heterocycles. The molecule has 2 aliphatic rings. The SMILES string of the molecule is CCOC(=O)c1nn(CC2CC3CCC2C3)cc1N. The van der Waals surface area contributed by atoms with E-state index in [0.29, 0.717) is 18.2 Å². The van der Waals surface area contributed by atoms with E-state index in [9.17, 15) is 4.79 Å². The number of hydrogen-bond acceptors (Lipinski definition) is 4. The van der Waals surface area contributed by atoms with Crippen molar-refractivity contribution in [3.8, 4) is 0 Å². The molecule has 2 bridgehead atoms. The highest BCUT2D eigenvalue weighted by atomic mass is 16.5. The van der Waals surface area contributed by atoms with Crippen LogP contribution < -0.4 is 5.73 Å². The van der Waals surface area contributed by atoms with Gasteiger partial charge in [0.2, 0.25) is 0 Å². The second kappa shape index (κ2) is 4.87. The van der Waals surface area contributed by atoms with E-state index in [-0.39, 0.29) is 5.69 Å². The van der Waals surface area contributed by atoms with Crippen LogP contribution in [0.4, 0.5) is 5.69 Å². The van der Waals surface area contributed by atoms with Gasteiger partial charge in [0.05, 0.1) is 12.3 Å². The molecule has 0 spiro atoms. The number of nitrogen functional groups attached to an aromatic ring is 1. The largest absolute Gasteiger partial charge is 0.461 e. The summed E-state index contributed by atoms with van der Waals surface area (Å²) in [6, 6.07) is 0.